The lowest BCUT2D eigenvalue weighted by molar-refractivity contribution is -0.384. The molecule has 146 valence electrons. The molecule has 0 aliphatic rings. The Morgan fingerprint density at radius 3 is 2.50 bits per heavy atom. The Morgan fingerprint density at radius 1 is 1.18 bits per heavy atom. The summed E-state index contributed by atoms with van der Waals surface area (Å²) in [6.45, 7) is 0.965. The summed E-state index contributed by atoms with van der Waals surface area (Å²) in [5.41, 5.74) is 2.82. The molecule has 0 spiro atoms. The Hall–Kier alpha value is -3.95. The molecule has 0 aliphatic carbocycles. The van der Waals surface area contributed by atoms with Crippen LogP contribution >= 0.6 is 0 Å². The number of hydrazone groups is 1. The predicted molar refractivity (Wildman–Crippen MR) is 98.6 cm³/mol. The molecule has 2 rings (SSSR count). The van der Waals surface area contributed by atoms with Gasteiger partial charge in [0.05, 0.1) is 18.2 Å². The average Bonchev–Trinajstić information content (AvgIpc) is 2.67. The van der Waals surface area contributed by atoms with Gasteiger partial charge >= 0.3 is 5.97 Å². The minimum absolute atomic E-state index is 0.0726. The van der Waals surface area contributed by atoms with Crippen molar-refractivity contribution in [1.82, 2.24) is 5.43 Å². The molecule has 2 aromatic carbocycles. The summed E-state index contributed by atoms with van der Waals surface area (Å²) in [6.07, 6.45) is 1.38. The minimum atomic E-state index is -0.529. The normalized spacial score (nSPS) is 10.4. The van der Waals surface area contributed by atoms with E-state index in [0.29, 0.717) is 17.1 Å². The number of hydrogen-bond acceptors (Lipinski definition) is 8. The van der Waals surface area contributed by atoms with E-state index in [2.05, 4.69) is 10.5 Å². The van der Waals surface area contributed by atoms with Gasteiger partial charge in [-0.25, -0.2) is 5.43 Å². The van der Waals surface area contributed by atoms with Gasteiger partial charge in [-0.15, -0.1) is 0 Å². The van der Waals surface area contributed by atoms with Crippen molar-refractivity contribution in [2.24, 2.45) is 5.10 Å². The van der Waals surface area contributed by atoms with E-state index in [9.17, 15) is 19.7 Å². The van der Waals surface area contributed by atoms with E-state index in [1.165, 1.54) is 44.5 Å². The van der Waals surface area contributed by atoms with E-state index < -0.39 is 16.8 Å². The highest BCUT2D eigenvalue weighted by Crippen LogP contribution is 2.27. The summed E-state index contributed by atoms with van der Waals surface area (Å²) in [5, 5.41) is 14.4. The Balaban J connectivity index is 1.87. The Bertz CT molecular complexity index is 895. The van der Waals surface area contributed by atoms with E-state index in [4.69, 9.17) is 14.2 Å². The number of nitro benzene ring substituents is 1. The number of esters is 1. The van der Waals surface area contributed by atoms with Gasteiger partial charge in [-0.3, -0.25) is 19.7 Å². The first kappa shape index (κ1) is 20.4. The number of non-ortho nitro benzene ring substituents is 1. The molecule has 10 nitrogen and oxygen atoms in total. The van der Waals surface area contributed by atoms with Crippen molar-refractivity contribution >= 4 is 23.8 Å². The van der Waals surface area contributed by atoms with Crippen LogP contribution in [0.1, 0.15) is 12.5 Å². The lowest BCUT2D eigenvalue weighted by atomic mass is 10.2. The van der Waals surface area contributed by atoms with Crippen LogP contribution in [0.3, 0.4) is 0 Å². The first-order valence-electron chi connectivity index (χ1n) is 7.94. The van der Waals surface area contributed by atoms with Gasteiger partial charge in [0.15, 0.2) is 18.1 Å². The first-order valence-corrected chi connectivity index (χ1v) is 7.94. The van der Waals surface area contributed by atoms with Crippen molar-refractivity contribution in [3.63, 3.8) is 0 Å². The maximum absolute atomic E-state index is 11.7. The number of nitro groups is 1. The summed E-state index contributed by atoms with van der Waals surface area (Å²) < 4.78 is 15.4. The second-order valence-electron chi connectivity index (χ2n) is 5.34. The number of benzene rings is 2. The summed E-state index contributed by atoms with van der Waals surface area (Å²) in [4.78, 5) is 32.8. The van der Waals surface area contributed by atoms with E-state index in [1.807, 2.05) is 0 Å². The van der Waals surface area contributed by atoms with Gasteiger partial charge in [-0.05, 0) is 35.9 Å². The molecule has 1 N–H and O–H groups in total. The summed E-state index contributed by atoms with van der Waals surface area (Å²) in [5.74, 6) is -0.0618. The number of carbonyl (C=O) groups is 2. The molecule has 0 aliphatic heterocycles. The number of methoxy groups -OCH3 is 1. The number of rotatable bonds is 8. The van der Waals surface area contributed by atoms with Gasteiger partial charge in [0.1, 0.15) is 5.75 Å². The number of ether oxygens (including phenoxy) is 3. The predicted octanol–water partition coefficient (Wildman–Crippen LogP) is 2.06. The zero-order chi connectivity index (χ0) is 20.5. The van der Waals surface area contributed by atoms with E-state index >= 15 is 0 Å². The maximum atomic E-state index is 11.7. The Labute approximate surface area is 159 Å². The fourth-order valence-corrected chi connectivity index (χ4v) is 2.03. The van der Waals surface area contributed by atoms with Crippen LogP contribution in [0.5, 0.6) is 17.2 Å². The third kappa shape index (κ3) is 6.09. The van der Waals surface area contributed by atoms with Crippen molar-refractivity contribution < 1.29 is 28.7 Å². The number of carbonyl (C=O) groups excluding carboxylic acids is 2. The topological polar surface area (TPSA) is 129 Å². The largest absolute Gasteiger partial charge is 0.493 e. The zero-order valence-corrected chi connectivity index (χ0v) is 15.1. The maximum Gasteiger partial charge on any atom is 0.308 e. The highest BCUT2D eigenvalue weighted by molar-refractivity contribution is 5.84. The molecule has 10 heteroatoms. The van der Waals surface area contributed by atoms with Gasteiger partial charge in [0.25, 0.3) is 11.6 Å². The molecule has 1 amide bonds. The molecule has 0 bridgehead atoms. The molecular weight excluding hydrogens is 370 g/mol. The molecule has 0 atom stereocenters. The highest BCUT2D eigenvalue weighted by Gasteiger charge is 2.08. The number of amides is 1. The van der Waals surface area contributed by atoms with Crippen LogP contribution in [0.15, 0.2) is 47.6 Å². The lowest BCUT2D eigenvalue weighted by Crippen LogP contribution is -2.24. The van der Waals surface area contributed by atoms with Crippen LogP contribution in [0.2, 0.25) is 0 Å². The van der Waals surface area contributed by atoms with Crippen molar-refractivity contribution in [3.8, 4) is 17.2 Å². The average molecular weight is 387 g/mol. The SMILES string of the molecule is COc1cc(C=NNC(=O)COc2ccc([N+](=O)[O-])cc2)ccc1OC(C)=O. The Morgan fingerprint density at radius 2 is 1.89 bits per heavy atom. The quantitative estimate of drug-likeness (QED) is 0.241. The minimum Gasteiger partial charge on any atom is -0.493 e. The van der Waals surface area contributed by atoms with Gasteiger partial charge in [0.2, 0.25) is 0 Å². The summed E-state index contributed by atoms with van der Waals surface area (Å²) >= 11 is 0. The molecular formula is C18H17N3O7. The van der Waals surface area contributed by atoms with E-state index in [0.717, 1.165) is 0 Å². The van der Waals surface area contributed by atoms with E-state index in [-0.39, 0.29) is 18.0 Å². The molecule has 0 saturated heterocycles. The third-order valence-electron chi connectivity index (χ3n) is 3.26. The fourth-order valence-electron chi connectivity index (χ4n) is 2.03. The smallest absolute Gasteiger partial charge is 0.308 e. The summed E-state index contributed by atoms with van der Waals surface area (Å²) in [7, 11) is 1.43. The van der Waals surface area contributed by atoms with Crippen LogP contribution in [-0.4, -0.2) is 36.7 Å². The second kappa shape index (κ2) is 9.67. The van der Waals surface area contributed by atoms with Gasteiger partial charge in [-0.1, -0.05) is 0 Å². The van der Waals surface area contributed by atoms with Crippen LogP contribution in [0, 0.1) is 10.1 Å². The van der Waals surface area contributed by atoms with Crippen LogP contribution in [0.4, 0.5) is 5.69 Å². The van der Waals surface area contributed by atoms with E-state index in [1.54, 1.807) is 18.2 Å². The summed E-state index contributed by atoms with van der Waals surface area (Å²) in [6, 6.07) is 10.1. The van der Waals surface area contributed by atoms with Crippen LogP contribution in [0.25, 0.3) is 0 Å². The first-order chi connectivity index (χ1) is 13.4. The molecule has 28 heavy (non-hydrogen) atoms. The van der Waals surface area contributed by atoms with Gasteiger partial charge in [0, 0.05) is 19.1 Å². The number of nitrogens with zero attached hydrogens (tertiary/aromatic N) is 2. The molecule has 2 aromatic rings. The van der Waals surface area contributed by atoms with Crippen molar-refractivity contribution in [2.75, 3.05) is 13.7 Å². The van der Waals surface area contributed by atoms with Gasteiger partial charge in [-0.2, -0.15) is 5.10 Å². The molecule has 0 saturated carbocycles. The van der Waals surface area contributed by atoms with Gasteiger partial charge < -0.3 is 14.2 Å². The van der Waals surface area contributed by atoms with Crippen LogP contribution in [-0.2, 0) is 9.59 Å². The zero-order valence-electron chi connectivity index (χ0n) is 15.1. The third-order valence-corrected chi connectivity index (χ3v) is 3.26. The number of nitrogens with one attached hydrogen (secondary N) is 1. The van der Waals surface area contributed by atoms with Crippen molar-refractivity contribution in [3.05, 3.63) is 58.1 Å². The monoisotopic (exact) mass is 387 g/mol. The molecule has 0 fully saturated rings. The number of hydrogen-bond donors (Lipinski definition) is 1. The Kier molecular flexibility index (Phi) is 7.03. The van der Waals surface area contributed by atoms with Crippen LogP contribution < -0.4 is 19.6 Å². The second-order valence-corrected chi connectivity index (χ2v) is 5.34. The van der Waals surface area contributed by atoms with Crippen molar-refractivity contribution in [1.29, 1.82) is 0 Å². The highest BCUT2D eigenvalue weighted by atomic mass is 16.6. The molecule has 0 radical (unpaired) electrons. The van der Waals surface area contributed by atoms with Crippen molar-refractivity contribution in [2.45, 2.75) is 6.92 Å². The molecule has 0 heterocycles. The standard InChI is InChI=1S/C18H17N3O7/c1-12(22)28-16-8-3-13(9-17(16)26-2)10-19-20-18(23)11-27-15-6-4-14(5-7-15)21(24)25/h3-10H,11H2,1-2H3,(H,20,23). The molecule has 0 unspecified atom stereocenters. The lowest BCUT2D eigenvalue weighted by Gasteiger charge is -2.08. The molecule has 0 aromatic heterocycles. The fraction of sp³-hybridized carbons (Fsp3) is 0.167.